The molecule has 5 aromatic carbocycles. The Morgan fingerprint density at radius 2 is 1.21 bits per heavy atom. The van der Waals surface area contributed by atoms with Crippen LogP contribution in [0.5, 0.6) is 0 Å². The molecule has 0 aromatic heterocycles. The average Bonchev–Trinajstić information content (AvgIpc) is 3.09. The lowest BCUT2D eigenvalue weighted by molar-refractivity contribution is 0.426. The molecule has 0 bridgehead atoms. The van der Waals surface area contributed by atoms with Crippen molar-refractivity contribution in [2.75, 3.05) is 0 Å². The summed E-state index contributed by atoms with van der Waals surface area (Å²) in [5.41, 5.74) is 8.00. The smallest absolute Gasteiger partial charge is 0.423 e. The summed E-state index contributed by atoms with van der Waals surface area (Å²) < 4.78 is 0. The molecule has 29 heavy (non-hydrogen) atoms. The summed E-state index contributed by atoms with van der Waals surface area (Å²) in [4.78, 5) is 0. The van der Waals surface area contributed by atoms with Crippen LogP contribution in [-0.4, -0.2) is 17.2 Å². The Morgan fingerprint density at radius 1 is 0.517 bits per heavy atom. The molecule has 0 fully saturated rings. The summed E-state index contributed by atoms with van der Waals surface area (Å²) in [6.45, 7) is 0. The van der Waals surface area contributed by atoms with Gasteiger partial charge in [-0.3, -0.25) is 0 Å². The predicted molar refractivity (Wildman–Crippen MR) is 121 cm³/mol. The molecule has 6 rings (SSSR count). The Kier molecular flexibility index (Phi) is 3.45. The van der Waals surface area contributed by atoms with Crippen molar-refractivity contribution < 1.29 is 10.0 Å². The van der Waals surface area contributed by atoms with Crippen LogP contribution in [0.4, 0.5) is 0 Å². The molecule has 0 amide bonds. The van der Waals surface area contributed by atoms with Crippen molar-refractivity contribution in [3.63, 3.8) is 0 Å². The lowest BCUT2D eigenvalue weighted by atomic mass is 9.79. The molecule has 0 spiro atoms. The highest BCUT2D eigenvalue weighted by Crippen LogP contribution is 2.49. The molecule has 1 aliphatic rings. The summed E-state index contributed by atoms with van der Waals surface area (Å²) in [5, 5.41) is 23.7. The van der Waals surface area contributed by atoms with E-state index < -0.39 is 7.12 Å². The van der Waals surface area contributed by atoms with Crippen LogP contribution in [0, 0.1) is 0 Å². The summed E-state index contributed by atoms with van der Waals surface area (Å²) >= 11 is 0. The van der Waals surface area contributed by atoms with Crippen molar-refractivity contribution in [3.8, 4) is 33.4 Å². The van der Waals surface area contributed by atoms with E-state index >= 15 is 0 Å². The van der Waals surface area contributed by atoms with E-state index in [2.05, 4.69) is 72.8 Å². The van der Waals surface area contributed by atoms with Gasteiger partial charge < -0.3 is 10.0 Å². The van der Waals surface area contributed by atoms with Crippen molar-refractivity contribution in [2.45, 2.75) is 0 Å². The minimum atomic E-state index is -1.46. The Morgan fingerprint density at radius 3 is 2.00 bits per heavy atom. The summed E-state index contributed by atoms with van der Waals surface area (Å²) in [7, 11) is -1.46. The van der Waals surface area contributed by atoms with Crippen molar-refractivity contribution >= 4 is 34.1 Å². The first-order chi connectivity index (χ1) is 14.2. The number of benzene rings is 5. The maximum Gasteiger partial charge on any atom is 0.488 e. The van der Waals surface area contributed by atoms with E-state index in [4.69, 9.17) is 0 Å². The van der Waals surface area contributed by atoms with E-state index in [1.165, 1.54) is 38.6 Å². The van der Waals surface area contributed by atoms with Gasteiger partial charge in [-0.2, -0.15) is 0 Å². The quantitative estimate of drug-likeness (QED) is 0.421. The largest absolute Gasteiger partial charge is 0.488 e. The van der Waals surface area contributed by atoms with E-state index in [-0.39, 0.29) is 0 Å². The lowest BCUT2D eigenvalue weighted by Gasteiger charge is -2.11. The van der Waals surface area contributed by atoms with Gasteiger partial charge in [-0.15, -0.1) is 0 Å². The van der Waals surface area contributed by atoms with Crippen LogP contribution >= 0.6 is 0 Å². The van der Waals surface area contributed by atoms with Gasteiger partial charge in [0.1, 0.15) is 0 Å². The minimum absolute atomic E-state index is 0.505. The van der Waals surface area contributed by atoms with E-state index in [0.29, 0.717) is 5.46 Å². The highest BCUT2D eigenvalue weighted by atomic mass is 16.4. The molecule has 136 valence electrons. The van der Waals surface area contributed by atoms with Crippen molar-refractivity contribution in [2.24, 2.45) is 0 Å². The molecular formula is C26H17BO2. The zero-order chi connectivity index (χ0) is 19.5. The Hall–Kier alpha value is -3.40. The number of rotatable bonds is 2. The fourth-order valence-corrected chi connectivity index (χ4v) is 4.65. The molecule has 2 N–H and O–H groups in total. The van der Waals surface area contributed by atoms with E-state index in [1.54, 1.807) is 6.07 Å². The molecule has 5 aromatic rings. The molecular weight excluding hydrogens is 355 g/mol. The van der Waals surface area contributed by atoms with Gasteiger partial charge in [0, 0.05) is 0 Å². The molecule has 1 aliphatic carbocycles. The third-order valence-electron chi connectivity index (χ3n) is 6.02. The first-order valence-corrected chi connectivity index (χ1v) is 9.76. The van der Waals surface area contributed by atoms with E-state index in [9.17, 15) is 10.0 Å². The highest BCUT2D eigenvalue weighted by molar-refractivity contribution is 6.58. The van der Waals surface area contributed by atoms with Crippen LogP contribution in [0.3, 0.4) is 0 Å². The summed E-state index contributed by atoms with van der Waals surface area (Å²) in [5.74, 6) is 0. The van der Waals surface area contributed by atoms with Gasteiger partial charge in [-0.05, 0) is 66.5 Å². The molecule has 0 radical (unpaired) electrons. The van der Waals surface area contributed by atoms with Gasteiger partial charge in [0.05, 0.1) is 0 Å². The number of fused-ring (bicyclic) bond motifs is 4. The molecule has 0 saturated carbocycles. The first kappa shape index (κ1) is 16.5. The summed E-state index contributed by atoms with van der Waals surface area (Å²) in [6.07, 6.45) is 0. The van der Waals surface area contributed by atoms with Gasteiger partial charge in [0.25, 0.3) is 0 Å². The summed E-state index contributed by atoms with van der Waals surface area (Å²) in [6, 6.07) is 31.5. The molecule has 0 saturated heterocycles. The molecule has 0 unspecified atom stereocenters. The van der Waals surface area contributed by atoms with Gasteiger partial charge in [0.2, 0.25) is 0 Å². The molecule has 0 aliphatic heterocycles. The van der Waals surface area contributed by atoms with Gasteiger partial charge >= 0.3 is 7.12 Å². The third-order valence-corrected chi connectivity index (χ3v) is 6.02. The molecule has 0 atom stereocenters. The average molecular weight is 372 g/mol. The van der Waals surface area contributed by atoms with Gasteiger partial charge in [-0.1, -0.05) is 84.9 Å². The second-order valence-corrected chi connectivity index (χ2v) is 7.63. The second-order valence-electron chi connectivity index (χ2n) is 7.63. The third kappa shape index (κ3) is 2.39. The second kappa shape index (κ2) is 6.05. The lowest BCUT2D eigenvalue weighted by Crippen LogP contribution is -2.29. The fraction of sp³-hybridized carbons (Fsp3) is 0. The fourth-order valence-electron chi connectivity index (χ4n) is 4.65. The SMILES string of the molecule is OB(O)c1ccc2ccc(-c3ccc4c5c(cccc35)-c3ccccc3-4)cc2c1. The van der Waals surface area contributed by atoms with Crippen LogP contribution in [0.15, 0.2) is 91.0 Å². The normalized spacial score (nSPS) is 11.8. The van der Waals surface area contributed by atoms with Crippen LogP contribution in [0.2, 0.25) is 0 Å². The highest BCUT2D eigenvalue weighted by Gasteiger charge is 2.22. The Balaban J connectivity index is 1.61. The van der Waals surface area contributed by atoms with E-state index in [1.807, 2.05) is 12.1 Å². The maximum absolute atomic E-state index is 9.52. The Labute approximate surface area is 168 Å². The van der Waals surface area contributed by atoms with Crippen LogP contribution < -0.4 is 5.46 Å². The molecule has 2 nitrogen and oxygen atoms in total. The molecule has 0 heterocycles. The standard InChI is InChI=1S/C26H17BO2/c28-27(29)19-11-10-16-8-9-17(14-18(16)15-19)20-12-13-25-22-5-2-1-4-21(22)24-7-3-6-23(20)26(24)25/h1-15,28-29H. The minimum Gasteiger partial charge on any atom is -0.423 e. The zero-order valence-corrected chi connectivity index (χ0v) is 15.6. The maximum atomic E-state index is 9.52. The van der Waals surface area contributed by atoms with Crippen LogP contribution in [0.1, 0.15) is 0 Å². The van der Waals surface area contributed by atoms with Crippen molar-refractivity contribution in [1.29, 1.82) is 0 Å². The van der Waals surface area contributed by atoms with Crippen LogP contribution in [0.25, 0.3) is 54.9 Å². The van der Waals surface area contributed by atoms with Crippen LogP contribution in [-0.2, 0) is 0 Å². The Bertz CT molecular complexity index is 1410. The number of hydrogen-bond acceptors (Lipinski definition) is 2. The predicted octanol–water partition coefficient (Wildman–Crippen LogP) is 4.99. The van der Waals surface area contributed by atoms with Crippen molar-refractivity contribution in [1.82, 2.24) is 0 Å². The topological polar surface area (TPSA) is 40.5 Å². The monoisotopic (exact) mass is 372 g/mol. The van der Waals surface area contributed by atoms with Gasteiger partial charge in [-0.25, -0.2) is 0 Å². The van der Waals surface area contributed by atoms with E-state index in [0.717, 1.165) is 16.3 Å². The van der Waals surface area contributed by atoms with Gasteiger partial charge in [0.15, 0.2) is 0 Å². The zero-order valence-electron chi connectivity index (χ0n) is 15.6. The first-order valence-electron chi connectivity index (χ1n) is 9.76. The van der Waals surface area contributed by atoms with Crippen molar-refractivity contribution in [3.05, 3.63) is 91.0 Å². The number of hydrogen-bond donors (Lipinski definition) is 2. The molecule has 3 heteroatoms.